The number of hydrogen-bond acceptors (Lipinski definition) is 4. The van der Waals surface area contributed by atoms with E-state index in [2.05, 4.69) is 12.3 Å². The van der Waals surface area contributed by atoms with Gasteiger partial charge >= 0.3 is 5.91 Å². The van der Waals surface area contributed by atoms with Gasteiger partial charge in [-0.25, -0.2) is 5.84 Å². The van der Waals surface area contributed by atoms with Crippen LogP contribution in [0, 0.1) is 12.8 Å². The van der Waals surface area contributed by atoms with Crippen LogP contribution in [0.2, 0.25) is 0 Å². The molecular weight excluding hydrogens is 244 g/mol. The van der Waals surface area contributed by atoms with E-state index >= 15 is 0 Å². The summed E-state index contributed by atoms with van der Waals surface area (Å²) in [4.78, 5) is 11.4. The molecule has 0 spiro atoms. The zero-order valence-electron chi connectivity index (χ0n) is 11.6. The van der Waals surface area contributed by atoms with E-state index in [1.54, 1.807) is 6.07 Å². The average Bonchev–Trinajstić information content (AvgIpc) is 2.79. The minimum absolute atomic E-state index is 0.232. The van der Waals surface area contributed by atoms with E-state index in [-0.39, 0.29) is 5.76 Å². The van der Waals surface area contributed by atoms with Gasteiger partial charge in [0.25, 0.3) is 0 Å². The Morgan fingerprint density at radius 3 is 2.79 bits per heavy atom. The van der Waals surface area contributed by atoms with Gasteiger partial charge in [-0.15, -0.1) is 0 Å². The lowest BCUT2D eigenvalue weighted by molar-refractivity contribution is 0.00831. The molecule has 1 aromatic heterocycles. The second-order valence-corrected chi connectivity index (χ2v) is 5.36. The van der Waals surface area contributed by atoms with Crippen molar-refractivity contribution in [2.24, 2.45) is 11.8 Å². The van der Waals surface area contributed by atoms with Crippen LogP contribution < -0.4 is 11.3 Å². The number of nitrogen functional groups attached to an aromatic ring is 1. The van der Waals surface area contributed by atoms with Crippen LogP contribution in [0.25, 0.3) is 0 Å². The SMILES string of the molecule is Cc1oc(C(=O)NN)cc1COC1CCC(C)CC1. The summed E-state index contributed by atoms with van der Waals surface area (Å²) >= 11 is 0. The molecule has 3 N–H and O–H groups in total. The highest BCUT2D eigenvalue weighted by Gasteiger charge is 2.20. The van der Waals surface area contributed by atoms with Crippen molar-refractivity contribution in [3.05, 3.63) is 23.2 Å². The number of nitrogens with one attached hydrogen (secondary N) is 1. The number of nitrogens with two attached hydrogens (primary N) is 1. The lowest BCUT2D eigenvalue weighted by Gasteiger charge is -2.26. The van der Waals surface area contributed by atoms with Crippen molar-refractivity contribution >= 4 is 5.91 Å². The second kappa shape index (κ2) is 6.21. The third-order valence-electron chi connectivity index (χ3n) is 3.81. The summed E-state index contributed by atoms with van der Waals surface area (Å²) in [5, 5.41) is 0. The molecule has 1 amide bonds. The number of amides is 1. The Balaban J connectivity index is 1.89. The van der Waals surface area contributed by atoms with Gasteiger partial charge in [-0.2, -0.15) is 0 Å². The largest absolute Gasteiger partial charge is 0.456 e. The van der Waals surface area contributed by atoms with E-state index in [1.807, 2.05) is 6.92 Å². The maximum Gasteiger partial charge on any atom is 0.300 e. The number of aryl methyl sites for hydroxylation is 1. The zero-order valence-corrected chi connectivity index (χ0v) is 11.6. The molecule has 5 heteroatoms. The van der Waals surface area contributed by atoms with Crippen LogP contribution in [0.3, 0.4) is 0 Å². The maximum absolute atomic E-state index is 11.4. The maximum atomic E-state index is 11.4. The van der Waals surface area contributed by atoms with E-state index < -0.39 is 5.91 Å². The highest BCUT2D eigenvalue weighted by molar-refractivity contribution is 5.91. The predicted molar refractivity (Wildman–Crippen MR) is 71.3 cm³/mol. The molecule has 0 atom stereocenters. The quantitative estimate of drug-likeness (QED) is 0.498. The molecule has 1 fully saturated rings. The third-order valence-corrected chi connectivity index (χ3v) is 3.81. The summed E-state index contributed by atoms with van der Waals surface area (Å²) in [6, 6.07) is 1.70. The van der Waals surface area contributed by atoms with Gasteiger partial charge in [-0.05, 0) is 44.6 Å². The van der Waals surface area contributed by atoms with Crippen LogP contribution in [-0.4, -0.2) is 12.0 Å². The number of furan rings is 1. The first-order chi connectivity index (χ1) is 9.10. The molecule has 0 aliphatic heterocycles. The summed E-state index contributed by atoms with van der Waals surface area (Å²) < 4.78 is 11.3. The number of hydrazine groups is 1. The van der Waals surface area contributed by atoms with Crippen LogP contribution in [0.4, 0.5) is 0 Å². The third kappa shape index (κ3) is 3.58. The predicted octanol–water partition coefficient (Wildman–Crippen LogP) is 2.29. The van der Waals surface area contributed by atoms with Gasteiger partial charge in [0.2, 0.25) is 0 Å². The Bertz CT molecular complexity index is 434. The van der Waals surface area contributed by atoms with Gasteiger partial charge in [0.05, 0.1) is 12.7 Å². The normalized spacial score (nSPS) is 23.3. The summed E-state index contributed by atoms with van der Waals surface area (Å²) in [6.07, 6.45) is 5.03. The zero-order chi connectivity index (χ0) is 13.8. The van der Waals surface area contributed by atoms with E-state index in [1.165, 1.54) is 12.8 Å². The molecular formula is C14H22N2O3. The van der Waals surface area contributed by atoms with Gasteiger partial charge in [-0.3, -0.25) is 10.2 Å². The smallest absolute Gasteiger partial charge is 0.300 e. The Hall–Kier alpha value is -1.33. The molecule has 0 radical (unpaired) electrons. The first-order valence-electron chi connectivity index (χ1n) is 6.82. The van der Waals surface area contributed by atoms with Gasteiger partial charge < -0.3 is 9.15 Å². The molecule has 1 saturated carbocycles. The van der Waals surface area contributed by atoms with Crippen LogP contribution in [-0.2, 0) is 11.3 Å². The molecule has 5 nitrogen and oxygen atoms in total. The molecule has 0 bridgehead atoms. The highest BCUT2D eigenvalue weighted by Crippen LogP contribution is 2.26. The van der Waals surface area contributed by atoms with Gasteiger partial charge in [0.1, 0.15) is 5.76 Å². The summed E-state index contributed by atoms with van der Waals surface area (Å²) in [5.41, 5.74) is 2.97. The lowest BCUT2D eigenvalue weighted by Crippen LogP contribution is -2.29. The topological polar surface area (TPSA) is 77.5 Å². The fourth-order valence-corrected chi connectivity index (χ4v) is 2.45. The Kier molecular flexibility index (Phi) is 4.61. The molecule has 106 valence electrons. The first-order valence-corrected chi connectivity index (χ1v) is 6.82. The fraction of sp³-hybridized carbons (Fsp3) is 0.643. The number of carbonyl (C=O) groups is 1. The van der Waals surface area contributed by atoms with Crippen LogP contribution >= 0.6 is 0 Å². The molecule has 1 aromatic rings. The molecule has 19 heavy (non-hydrogen) atoms. The fourth-order valence-electron chi connectivity index (χ4n) is 2.45. The monoisotopic (exact) mass is 266 g/mol. The van der Waals surface area contributed by atoms with Crippen molar-refractivity contribution in [2.75, 3.05) is 0 Å². The van der Waals surface area contributed by atoms with Crippen molar-refractivity contribution < 1.29 is 13.9 Å². The van der Waals surface area contributed by atoms with Crippen molar-refractivity contribution in [1.29, 1.82) is 0 Å². The Morgan fingerprint density at radius 1 is 1.47 bits per heavy atom. The van der Waals surface area contributed by atoms with Crippen molar-refractivity contribution in [3.8, 4) is 0 Å². The van der Waals surface area contributed by atoms with Crippen LogP contribution in [0.1, 0.15) is 54.5 Å². The molecule has 1 aliphatic rings. The van der Waals surface area contributed by atoms with Gasteiger partial charge in [-0.1, -0.05) is 6.92 Å². The van der Waals surface area contributed by atoms with Crippen LogP contribution in [0.15, 0.2) is 10.5 Å². The minimum atomic E-state index is -0.416. The number of rotatable bonds is 4. The average molecular weight is 266 g/mol. The molecule has 0 aromatic carbocycles. The van der Waals surface area contributed by atoms with Crippen LogP contribution in [0.5, 0.6) is 0 Å². The van der Waals surface area contributed by atoms with E-state index in [0.29, 0.717) is 18.5 Å². The Labute approximate surface area is 113 Å². The highest BCUT2D eigenvalue weighted by atomic mass is 16.5. The number of hydrogen-bond donors (Lipinski definition) is 2. The molecule has 1 heterocycles. The lowest BCUT2D eigenvalue weighted by atomic mass is 9.89. The summed E-state index contributed by atoms with van der Waals surface area (Å²) in [7, 11) is 0. The van der Waals surface area contributed by atoms with E-state index in [9.17, 15) is 4.79 Å². The first kappa shape index (κ1) is 14.1. The van der Waals surface area contributed by atoms with Crippen molar-refractivity contribution in [1.82, 2.24) is 5.43 Å². The molecule has 1 aliphatic carbocycles. The number of ether oxygens (including phenoxy) is 1. The van der Waals surface area contributed by atoms with Crippen molar-refractivity contribution in [3.63, 3.8) is 0 Å². The Morgan fingerprint density at radius 2 is 2.16 bits per heavy atom. The molecule has 2 rings (SSSR count). The molecule has 0 unspecified atom stereocenters. The summed E-state index contributed by atoms with van der Waals surface area (Å²) in [5.74, 6) is 6.42. The van der Waals surface area contributed by atoms with Gasteiger partial charge in [0, 0.05) is 5.56 Å². The standard InChI is InChI=1S/C14H22N2O3/c1-9-3-5-12(6-4-9)18-8-11-7-13(14(17)16-15)19-10(11)2/h7,9,12H,3-6,8,15H2,1-2H3,(H,16,17). The van der Waals surface area contributed by atoms with E-state index in [0.717, 1.165) is 24.3 Å². The molecule has 0 saturated heterocycles. The summed E-state index contributed by atoms with van der Waals surface area (Å²) in [6.45, 7) is 4.61. The number of carbonyl (C=O) groups excluding carboxylic acids is 1. The second-order valence-electron chi connectivity index (χ2n) is 5.36. The van der Waals surface area contributed by atoms with E-state index in [4.69, 9.17) is 15.0 Å². The van der Waals surface area contributed by atoms with Gasteiger partial charge in [0.15, 0.2) is 5.76 Å². The van der Waals surface area contributed by atoms with Crippen molar-refractivity contribution in [2.45, 2.75) is 52.2 Å². The minimum Gasteiger partial charge on any atom is -0.456 e.